The van der Waals surface area contributed by atoms with E-state index in [0.29, 0.717) is 17.0 Å². The quantitative estimate of drug-likeness (QED) is 0.527. The topological polar surface area (TPSA) is 105 Å². The predicted molar refractivity (Wildman–Crippen MR) is 74.2 cm³/mol. The van der Waals surface area contributed by atoms with Gasteiger partial charge in [0, 0.05) is 13.0 Å². The Kier molecular flexibility index (Phi) is 6.51. The highest BCUT2D eigenvalue weighted by Crippen LogP contribution is 2.23. The maximum absolute atomic E-state index is 11.6. The number of rotatable bonds is 7. The zero-order chi connectivity index (χ0) is 15.0. The molecule has 1 aromatic heterocycles. The van der Waals surface area contributed by atoms with Crippen LogP contribution in [-0.2, 0) is 9.53 Å². The van der Waals surface area contributed by atoms with Gasteiger partial charge in [0.15, 0.2) is 0 Å². The molecule has 8 heteroatoms. The molecule has 0 saturated carbocycles. The number of carboxylic acid groups (broad SMARTS) is 1. The molecule has 1 heterocycles. The molecule has 0 aliphatic carbocycles. The highest BCUT2D eigenvalue weighted by atomic mass is 32.1. The molecule has 3 N–H and O–H groups in total. The van der Waals surface area contributed by atoms with Crippen LogP contribution in [0.1, 0.15) is 30.1 Å². The van der Waals surface area contributed by atoms with Gasteiger partial charge in [0.25, 0.3) is 0 Å². The molecule has 110 valence electrons. The van der Waals surface area contributed by atoms with Crippen LogP contribution in [0.15, 0.2) is 11.4 Å². The van der Waals surface area contributed by atoms with Crippen molar-refractivity contribution in [2.24, 2.45) is 0 Å². The van der Waals surface area contributed by atoms with Gasteiger partial charge in [-0.1, -0.05) is 0 Å². The molecule has 20 heavy (non-hydrogen) atoms. The summed E-state index contributed by atoms with van der Waals surface area (Å²) in [6.45, 7) is 2.21. The van der Waals surface area contributed by atoms with E-state index in [-0.39, 0.29) is 19.6 Å². The molecule has 2 amide bonds. The normalized spacial score (nSPS) is 9.85. The summed E-state index contributed by atoms with van der Waals surface area (Å²) in [6.07, 6.45) is 0.339. The number of hydrogen-bond acceptors (Lipinski definition) is 5. The third-order valence-electron chi connectivity index (χ3n) is 2.24. The van der Waals surface area contributed by atoms with E-state index < -0.39 is 18.0 Å². The van der Waals surface area contributed by atoms with Gasteiger partial charge in [-0.05, 0) is 24.8 Å². The summed E-state index contributed by atoms with van der Waals surface area (Å²) in [4.78, 5) is 33.5. The average Bonchev–Trinajstić information content (AvgIpc) is 2.83. The number of carboxylic acids is 1. The van der Waals surface area contributed by atoms with E-state index in [1.165, 1.54) is 11.3 Å². The molecule has 0 aromatic carbocycles. The van der Waals surface area contributed by atoms with E-state index in [4.69, 9.17) is 9.84 Å². The molecule has 0 radical (unpaired) electrons. The molecule has 1 aromatic rings. The predicted octanol–water partition coefficient (Wildman–Crippen LogP) is 1.91. The summed E-state index contributed by atoms with van der Waals surface area (Å²) >= 11 is 1.21. The van der Waals surface area contributed by atoms with Gasteiger partial charge >= 0.3 is 18.0 Å². The van der Waals surface area contributed by atoms with Crippen molar-refractivity contribution >= 4 is 34.3 Å². The Morgan fingerprint density at radius 1 is 1.40 bits per heavy atom. The number of hydrogen-bond donors (Lipinski definition) is 3. The summed E-state index contributed by atoms with van der Waals surface area (Å²) in [5, 5.41) is 15.6. The number of ether oxygens (including phenoxy) is 1. The van der Waals surface area contributed by atoms with Crippen LogP contribution in [0.2, 0.25) is 0 Å². The lowest BCUT2D eigenvalue weighted by atomic mass is 10.3. The highest BCUT2D eigenvalue weighted by molar-refractivity contribution is 7.14. The van der Waals surface area contributed by atoms with Crippen molar-refractivity contribution in [1.82, 2.24) is 5.32 Å². The fourth-order valence-electron chi connectivity index (χ4n) is 1.36. The minimum Gasteiger partial charge on any atom is -0.481 e. The van der Waals surface area contributed by atoms with Crippen LogP contribution in [0.25, 0.3) is 0 Å². The second kappa shape index (κ2) is 8.16. The van der Waals surface area contributed by atoms with Crippen LogP contribution >= 0.6 is 11.3 Å². The van der Waals surface area contributed by atoms with E-state index in [2.05, 4.69) is 10.6 Å². The van der Waals surface area contributed by atoms with Gasteiger partial charge in [0.1, 0.15) is 5.00 Å². The molecule has 0 saturated heterocycles. The van der Waals surface area contributed by atoms with Crippen LogP contribution in [-0.4, -0.2) is 36.2 Å². The smallest absolute Gasteiger partial charge is 0.341 e. The van der Waals surface area contributed by atoms with Crippen LogP contribution in [0, 0.1) is 0 Å². The zero-order valence-electron chi connectivity index (χ0n) is 11.0. The fourth-order valence-corrected chi connectivity index (χ4v) is 2.13. The number of amides is 2. The molecule has 0 fully saturated rings. The van der Waals surface area contributed by atoms with Crippen molar-refractivity contribution in [3.8, 4) is 0 Å². The van der Waals surface area contributed by atoms with Gasteiger partial charge < -0.3 is 15.2 Å². The van der Waals surface area contributed by atoms with Crippen molar-refractivity contribution in [3.05, 3.63) is 17.0 Å². The molecule has 0 unspecified atom stereocenters. The molecule has 0 atom stereocenters. The summed E-state index contributed by atoms with van der Waals surface area (Å²) in [5.74, 6) is -1.40. The number of aliphatic carboxylic acids is 1. The zero-order valence-corrected chi connectivity index (χ0v) is 11.8. The van der Waals surface area contributed by atoms with Crippen molar-refractivity contribution in [2.75, 3.05) is 18.5 Å². The second-order valence-electron chi connectivity index (χ2n) is 3.76. The number of thiophene rings is 1. The first-order valence-corrected chi connectivity index (χ1v) is 6.93. The van der Waals surface area contributed by atoms with Crippen LogP contribution in [0.5, 0.6) is 0 Å². The molecule has 1 rings (SSSR count). The lowest BCUT2D eigenvalue weighted by Gasteiger charge is -2.07. The van der Waals surface area contributed by atoms with E-state index in [0.717, 1.165) is 0 Å². The Morgan fingerprint density at radius 3 is 2.80 bits per heavy atom. The SMILES string of the molecule is CCOC(=O)c1ccsc1NC(=O)NCCCC(=O)O. The minimum atomic E-state index is -0.907. The Labute approximate surface area is 119 Å². The van der Waals surface area contributed by atoms with Gasteiger partial charge in [-0.25, -0.2) is 9.59 Å². The van der Waals surface area contributed by atoms with Crippen LogP contribution in [0.4, 0.5) is 9.80 Å². The first kappa shape index (κ1) is 16.0. The third-order valence-corrected chi connectivity index (χ3v) is 3.07. The Morgan fingerprint density at radius 2 is 2.15 bits per heavy atom. The summed E-state index contributed by atoms with van der Waals surface area (Å²) < 4.78 is 4.86. The molecule has 0 aliphatic rings. The van der Waals surface area contributed by atoms with Gasteiger partial charge in [-0.2, -0.15) is 0 Å². The Bertz CT molecular complexity index is 486. The summed E-state index contributed by atoms with van der Waals surface area (Å²) in [7, 11) is 0. The molecule has 7 nitrogen and oxygen atoms in total. The fraction of sp³-hybridized carbons (Fsp3) is 0.417. The average molecular weight is 300 g/mol. The number of carbonyl (C=O) groups excluding carboxylic acids is 2. The molecule has 0 bridgehead atoms. The largest absolute Gasteiger partial charge is 0.481 e. The Hall–Kier alpha value is -2.09. The van der Waals surface area contributed by atoms with Crippen molar-refractivity contribution in [3.63, 3.8) is 0 Å². The van der Waals surface area contributed by atoms with Crippen molar-refractivity contribution in [2.45, 2.75) is 19.8 Å². The lowest BCUT2D eigenvalue weighted by molar-refractivity contribution is -0.137. The standard InChI is InChI=1S/C12H16N2O5S/c1-2-19-11(17)8-5-7-20-10(8)14-12(18)13-6-3-4-9(15)16/h5,7H,2-4,6H2,1H3,(H,15,16)(H2,13,14,18). The van der Waals surface area contributed by atoms with Gasteiger partial charge in [-0.15, -0.1) is 11.3 Å². The minimum absolute atomic E-state index is 0.00659. The maximum atomic E-state index is 11.6. The first-order valence-electron chi connectivity index (χ1n) is 6.05. The summed E-state index contributed by atoms with van der Waals surface area (Å²) in [5.41, 5.74) is 0.303. The lowest BCUT2D eigenvalue weighted by Crippen LogP contribution is -2.30. The van der Waals surface area contributed by atoms with Gasteiger partial charge in [0.2, 0.25) is 0 Å². The third kappa shape index (κ3) is 5.27. The second-order valence-corrected chi connectivity index (χ2v) is 4.68. The van der Waals surface area contributed by atoms with E-state index >= 15 is 0 Å². The maximum Gasteiger partial charge on any atom is 0.341 e. The monoisotopic (exact) mass is 300 g/mol. The van der Waals surface area contributed by atoms with Crippen LogP contribution in [0.3, 0.4) is 0 Å². The van der Waals surface area contributed by atoms with Gasteiger partial charge in [-0.3, -0.25) is 10.1 Å². The van der Waals surface area contributed by atoms with Crippen molar-refractivity contribution < 1.29 is 24.2 Å². The number of carbonyl (C=O) groups is 3. The first-order chi connectivity index (χ1) is 9.54. The number of esters is 1. The molecular weight excluding hydrogens is 284 g/mol. The molecule has 0 spiro atoms. The van der Waals surface area contributed by atoms with Crippen LogP contribution < -0.4 is 10.6 Å². The highest BCUT2D eigenvalue weighted by Gasteiger charge is 2.15. The number of anilines is 1. The Balaban J connectivity index is 2.44. The number of nitrogens with one attached hydrogen (secondary N) is 2. The van der Waals surface area contributed by atoms with E-state index in [9.17, 15) is 14.4 Å². The van der Waals surface area contributed by atoms with E-state index in [1.807, 2.05) is 0 Å². The van der Waals surface area contributed by atoms with Gasteiger partial charge in [0.05, 0.1) is 12.2 Å². The number of urea groups is 1. The summed E-state index contributed by atoms with van der Waals surface area (Å²) in [6, 6.07) is 1.09. The molecule has 0 aliphatic heterocycles. The van der Waals surface area contributed by atoms with Crippen molar-refractivity contribution in [1.29, 1.82) is 0 Å². The van der Waals surface area contributed by atoms with E-state index in [1.54, 1.807) is 18.4 Å². The molecular formula is C12H16N2O5S.